The first-order chi connectivity index (χ1) is 15.8. The summed E-state index contributed by atoms with van der Waals surface area (Å²) in [6, 6.07) is 23.2. The fourth-order valence-corrected chi connectivity index (χ4v) is 4.99. The van der Waals surface area contributed by atoms with Gasteiger partial charge in [0.15, 0.2) is 0 Å². The molecule has 2 heterocycles. The summed E-state index contributed by atoms with van der Waals surface area (Å²) in [6.07, 6.45) is 0.760. The number of carbonyl (C=O) groups is 2. The largest absolute Gasteiger partial charge is 0.478 e. The van der Waals surface area contributed by atoms with Gasteiger partial charge in [0.1, 0.15) is 0 Å². The van der Waals surface area contributed by atoms with Crippen LogP contribution in [0.1, 0.15) is 41.4 Å². The van der Waals surface area contributed by atoms with Crippen molar-refractivity contribution in [2.75, 3.05) is 28.2 Å². The zero-order chi connectivity index (χ0) is 23.2. The molecule has 0 aromatic heterocycles. The van der Waals surface area contributed by atoms with E-state index in [1.54, 1.807) is 12.1 Å². The number of fused-ring (bicyclic) bond motifs is 1. The maximum absolute atomic E-state index is 13.2. The van der Waals surface area contributed by atoms with Crippen molar-refractivity contribution in [3.8, 4) is 0 Å². The van der Waals surface area contributed by atoms with Crippen LogP contribution < -0.4 is 15.1 Å². The lowest BCUT2D eigenvalue weighted by molar-refractivity contribution is 0.0696. The molecular weight excluding hydrogens is 414 g/mol. The Morgan fingerprint density at radius 2 is 1.64 bits per heavy atom. The van der Waals surface area contributed by atoms with Crippen molar-refractivity contribution in [2.45, 2.75) is 26.3 Å². The maximum Gasteiger partial charge on any atom is 0.335 e. The van der Waals surface area contributed by atoms with Gasteiger partial charge in [-0.15, -0.1) is 0 Å². The van der Waals surface area contributed by atoms with Gasteiger partial charge in [0.2, 0.25) is 0 Å². The number of hydrogen-bond donors (Lipinski definition) is 2. The molecule has 1 unspecified atom stereocenters. The number of nitrogens with zero attached hydrogens (tertiary/aromatic N) is 2. The Bertz CT molecular complexity index is 1220. The van der Waals surface area contributed by atoms with Gasteiger partial charge in [0.05, 0.1) is 11.6 Å². The van der Waals surface area contributed by atoms with Gasteiger partial charge in [0.25, 0.3) is 0 Å². The molecule has 2 N–H and O–H groups in total. The molecule has 0 aliphatic carbocycles. The first-order valence-corrected chi connectivity index (χ1v) is 11.2. The molecule has 0 bridgehead atoms. The van der Waals surface area contributed by atoms with Gasteiger partial charge in [0, 0.05) is 30.2 Å². The van der Waals surface area contributed by atoms with Gasteiger partial charge in [-0.25, -0.2) is 9.59 Å². The zero-order valence-corrected chi connectivity index (χ0v) is 18.8. The third-order valence-electron chi connectivity index (χ3n) is 6.67. The fourth-order valence-electron chi connectivity index (χ4n) is 4.99. The van der Waals surface area contributed by atoms with E-state index in [-0.39, 0.29) is 17.5 Å². The average molecular weight is 442 g/mol. The highest BCUT2D eigenvalue weighted by Crippen LogP contribution is 2.45. The van der Waals surface area contributed by atoms with E-state index in [0.717, 1.165) is 34.6 Å². The molecule has 2 amide bonds. The molecule has 3 aromatic carbocycles. The van der Waals surface area contributed by atoms with Crippen LogP contribution in [0.3, 0.4) is 0 Å². The number of aromatic carboxylic acids is 1. The number of carboxylic acids is 1. The predicted octanol–water partition coefficient (Wildman–Crippen LogP) is 5.57. The maximum atomic E-state index is 13.2. The molecule has 0 radical (unpaired) electrons. The van der Waals surface area contributed by atoms with E-state index < -0.39 is 5.97 Å². The number of urea groups is 1. The smallest absolute Gasteiger partial charge is 0.335 e. The van der Waals surface area contributed by atoms with Crippen LogP contribution in [0.4, 0.5) is 21.9 Å². The van der Waals surface area contributed by atoms with Crippen LogP contribution >= 0.6 is 0 Å². The molecule has 0 saturated carbocycles. The number of amides is 2. The minimum Gasteiger partial charge on any atom is -0.478 e. The Labute approximate surface area is 193 Å². The highest BCUT2D eigenvalue weighted by molar-refractivity contribution is 6.06. The predicted molar refractivity (Wildman–Crippen MR) is 130 cm³/mol. The molecule has 2 aliphatic rings. The van der Waals surface area contributed by atoms with Crippen LogP contribution in [0.5, 0.6) is 0 Å². The molecule has 2 aliphatic heterocycles. The number of para-hydroxylation sites is 1. The van der Waals surface area contributed by atoms with Gasteiger partial charge in [-0.1, -0.05) is 44.2 Å². The highest BCUT2D eigenvalue weighted by Gasteiger charge is 2.37. The summed E-state index contributed by atoms with van der Waals surface area (Å²) in [7, 11) is 0. The summed E-state index contributed by atoms with van der Waals surface area (Å²) >= 11 is 0. The first-order valence-electron chi connectivity index (χ1n) is 11.2. The number of hydrogen-bond acceptors (Lipinski definition) is 3. The fraction of sp³-hybridized carbons (Fsp3) is 0.259. The Balaban J connectivity index is 1.42. The number of carbonyl (C=O) groups excluding carboxylic acids is 1. The number of nitrogens with one attached hydrogen (secondary N) is 1. The second-order valence-electron chi connectivity index (χ2n) is 9.44. The van der Waals surface area contributed by atoms with Crippen molar-refractivity contribution in [1.29, 1.82) is 0 Å². The lowest BCUT2D eigenvalue weighted by Gasteiger charge is -2.41. The minimum absolute atomic E-state index is 0.0132. The van der Waals surface area contributed by atoms with E-state index in [9.17, 15) is 14.7 Å². The molecule has 33 heavy (non-hydrogen) atoms. The summed E-state index contributed by atoms with van der Waals surface area (Å²) in [6.45, 7) is 5.66. The monoisotopic (exact) mass is 441 g/mol. The Morgan fingerprint density at radius 1 is 0.939 bits per heavy atom. The highest BCUT2D eigenvalue weighted by atomic mass is 16.4. The van der Waals surface area contributed by atoms with Crippen LogP contribution in [0.2, 0.25) is 0 Å². The Kier molecular flexibility index (Phi) is 5.08. The minimum atomic E-state index is -0.912. The topological polar surface area (TPSA) is 72.9 Å². The lowest BCUT2D eigenvalue weighted by Crippen LogP contribution is -2.35. The summed E-state index contributed by atoms with van der Waals surface area (Å²) in [5, 5.41) is 13.0. The van der Waals surface area contributed by atoms with Gasteiger partial charge in [-0.3, -0.25) is 9.80 Å². The molecule has 3 aromatic rings. The van der Waals surface area contributed by atoms with Gasteiger partial charge in [-0.2, -0.15) is 0 Å². The molecular formula is C27H27N3O3. The second-order valence-corrected chi connectivity index (χ2v) is 9.44. The standard InChI is InChI=1S/C27H27N3O3/c1-27(2)17-20-15-19(25(31)32)11-12-23(20)28-24(27)18-7-6-10-22(16-18)30-14-13-29(26(30)33)21-8-4-3-5-9-21/h3-12,15-16,24,28H,13-14,17H2,1-2H3,(H,31,32). The number of carboxylic acid groups (broad SMARTS) is 1. The van der Waals surface area contributed by atoms with Gasteiger partial charge in [-0.05, 0) is 65.4 Å². The van der Waals surface area contributed by atoms with Crippen LogP contribution in [-0.4, -0.2) is 30.2 Å². The van der Waals surface area contributed by atoms with E-state index in [1.165, 1.54) is 0 Å². The summed E-state index contributed by atoms with van der Waals surface area (Å²) < 4.78 is 0. The Hall–Kier alpha value is -3.80. The molecule has 1 fully saturated rings. The summed E-state index contributed by atoms with van der Waals surface area (Å²) in [4.78, 5) is 28.2. The van der Waals surface area contributed by atoms with Crippen LogP contribution in [0, 0.1) is 5.41 Å². The third kappa shape index (κ3) is 3.82. The molecule has 5 rings (SSSR count). The normalized spacial score (nSPS) is 19.2. The zero-order valence-electron chi connectivity index (χ0n) is 18.8. The number of benzene rings is 3. The van der Waals surface area contributed by atoms with E-state index in [2.05, 4.69) is 31.3 Å². The summed E-state index contributed by atoms with van der Waals surface area (Å²) in [5.41, 5.74) is 5.05. The number of rotatable bonds is 4. The third-order valence-corrected chi connectivity index (χ3v) is 6.67. The molecule has 6 nitrogen and oxygen atoms in total. The molecule has 0 spiro atoms. The van der Waals surface area contributed by atoms with E-state index in [4.69, 9.17) is 0 Å². The quantitative estimate of drug-likeness (QED) is 0.555. The van der Waals surface area contributed by atoms with Crippen LogP contribution in [-0.2, 0) is 6.42 Å². The SMILES string of the molecule is CC1(C)Cc2cc(C(=O)O)ccc2NC1c1cccc(N2CCN(c3ccccc3)C2=O)c1. The van der Waals surface area contributed by atoms with E-state index in [0.29, 0.717) is 18.7 Å². The molecule has 1 saturated heterocycles. The van der Waals surface area contributed by atoms with Crippen molar-refractivity contribution in [3.63, 3.8) is 0 Å². The van der Waals surface area contributed by atoms with Crippen molar-refractivity contribution < 1.29 is 14.7 Å². The van der Waals surface area contributed by atoms with Crippen molar-refractivity contribution in [3.05, 3.63) is 89.5 Å². The van der Waals surface area contributed by atoms with Crippen molar-refractivity contribution in [1.82, 2.24) is 0 Å². The lowest BCUT2D eigenvalue weighted by atomic mass is 9.72. The van der Waals surface area contributed by atoms with E-state index >= 15 is 0 Å². The van der Waals surface area contributed by atoms with Crippen molar-refractivity contribution >= 4 is 29.1 Å². The first kappa shape index (κ1) is 21.1. The molecule has 6 heteroatoms. The van der Waals surface area contributed by atoms with Crippen molar-refractivity contribution in [2.24, 2.45) is 5.41 Å². The van der Waals surface area contributed by atoms with Crippen LogP contribution in [0.15, 0.2) is 72.8 Å². The Morgan fingerprint density at radius 3 is 2.36 bits per heavy atom. The number of anilines is 3. The van der Waals surface area contributed by atoms with Gasteiger partial charge < -0.3 is 10.4 Å². The van der Waals surface area contributed by atoms with Gasteiger partial charge >= 0.3 is 12.0 Å². The summed E-state index contributed by atoms with van der Waals surface area (Å²) in [5.74, 6) is -0.912. The second kappa shape index (κ2) is 7.96. The molecule has 168 valence electrons. The molecule has 1 atom stereocenters. The average Bonchev–Trinajstić information content (AvgIpc) is 3.19. The van der Waals surface area contributed by atoms with E-state index in [1.807, 2.05) is 58.3 Å². The van der Waals surface area contributed by atoms with Crippen LogP contribution in [0.25, 0.3) is 0 Å².